The Morgan fingerprint density at radius 2 is 2.00 bits per heavy atom. The molecule has 0 saturated carbocycles. The van der Waals surface area contributed by atoms with Gasteiger partial charge in [-0.15, -0.1) is 11.8 Å². The van der Waals surface area contributed by atoms with Crippen molar-refractivity contribution in [2.75, 3.05) is 24.5 Å². The van der Waals surface area contributed by atoms with E-state index in [0.717, 1.165) is 47.2 Å². The number of hydrogen-bond donors (Lipinski definition) is 0. The van der Waals surface area contributed by atoms with Crippen LogP contribution in [-0.4, -0.2) is 42.5 Å². The van der Waals surface area contributed by atoms with Gasteiger partial charge in [0, 0.05) is 18.0 Å². The molecule has 3 aliphatic rings. The first-order chi connectivity index (χ1) is 12.7. The molecule has 0 radical (unpaired) electrons. The number of ether oxygens (including phenoxy) is 2. The van der Waals surface area contributed by atoms with E-state index in [1.165, 1.54) is 0 Å². The van der Waals surface area contributed by atoms with Gasteiger partial charge in [-0.05, 0) is 42.5 Å². The number of benzene rings is 2. The largest absolute Gasteiger partial charge is 0.454 e. The zero-order valence-corrected chi connectivity index (χ0v) is 15.4. The van der Waals surface area contributed by atoms with E-state index in [4.69, 9.17) is 9.47 Å². The maximum atomic E-state index is 13.1. The minimum Gasteiger partial charge on any atom is -0.454 e. The van der Waals surface area contributed by atoms with Crippen molar-refractivity contribution < 1.29 is 14.3 Å². The van der Waals surface area contributed by atoms with E-state index < -0.39 is 0 Å². The molecule has 0 N–H and O–H groups in total. The zero-order valence-electron chi connectivity index (χ0n) is 14.6. The number of thioether (sulfide) groups is 1. The van der Waals surface area contributed by atoms with Crippen LogP contribution < -0.4 is 14.4 Å². The maximum Gasteiger partial charge on any atom is 0.244 e. The van der Waals surface area contributed by atoms with E-state index in [1.54, 1.807) is 11.8 Å². The van der Waals surface area contributed by atoms with Crippen LogP contribution in [0.15, 0.2) is 47.4 Å². The molecule has 5 rings (SSSR count). The Bertz CT molecular complexity index is 872. The summed E-state index contributed by atoms with van der Waals surface area (Å²) in [5.74, 6) is 1.82. The fraction of sp³-hybridized carbons (Fsp3) is 0.350. The molecule has 134 valence electrons. The Morgan fingerprint density at radius 1 is 1.15 bits per heavy atom. The van der Waals surface area contributed by atoms with Gasteiger partial charge < -0.3 is 14.4 Å². The Balaban J connectivity index is 1.35. The highest BCUT2D eigenvalue weighted by molar-refractivity contribution is 7.98. The van der Waals surface area contributed by atoms with Crippen LogP contribution in [0.1, 0.15) is 12.0 Å². The molecule has 2 aromatic carbocycles. The summed E-state index contributed by atoms with van der Waals surface area (Å²) in [5.41, 5.74) is 2.21. The zero-order chi connectivity index (χ0) is 17.7. The lowest BCUT2D eigenvalue weighted by Gasteiger charge is -2.34. The monoisotopic (exact) mass is 368 g/mol. The van der Waals surface area contributed by atoms with Gasteiger partial charge in [0.2, 0.25) is 12.7 Å². The molecule has 2 atom stereocenters. The van der Waals surface area contributed by atoms with Crippen molar-refractivity contribution in [3.8, 4) is 11.5 Å². The molecular formula is C20H20N2O3S. The quantitative estimate of drug-likeness (QED) is 0.776. The third kappa shape index (κ3) is 2.47. The minimum absolute atomic E-state index is 0.0275. The van der Waals surface area contributed by atoms with Crippen LogP contribution in [0.2, 0.25) is 0 Å². The molecule has 3 aliphatic heterocycles. The molecule has 2 bridgehead atoms. The summed E-state index contributed by atoms with van der Waals surface area (Å²) < 4.78 is 10.8. The highest BCUT2D eigenvalue weighted by atomic mass is 32.2. The lowest BCUT2D eigenvalue weighted by molar-refractivity contribution is -0.122. The second kappa shape index (κ2) is 6.21. The van der Waals surface area contributed by atoms with E-state index >= 15 is 0 Å². The summed E-state index contributed by atoms with van der Waals surface area (Å²) >= 11 is 1.69. The summed E-state index contributed by atoms with van der Waals surface area (Å²) in [6.07, 6.45) is 2.97. The SMILES string of the molecule is CSc1ccccc1N1C(=O)[C@@H]2C[C@H]1CN2Cc1ccc2c(c1)OCO2. The number of nitrogens with zero attached hydrogens (tertiary/aromatic N) is 2. The first-order valence-electron chi connectivity index (χ1n) is 8.83. The molecule has 2 aromatic rings. The van der Waals surface area contributed by atoms with Crippen LogP contribution in [0.5, 0.6) is 11.5 Å². The predicted octanol–water partition coefficient (Wildman–Crippen LogP) is 3.13. The van der Waals surface area contributed by atoms with E-state index in [2.05, 4.69) is 29.4 Å². The van der Waals surface area contributed by atoms with Crippen molar-refractivity contribution in [1.29, 1.82) is 0 Å². The number of fused-ring (bicyclic) bond motifs is 3. The first kappa shape index (κ1) is 16.0. The van der Waals surface area contributed by atoms with Gasteiger partial charge in [-0.25, -0.2) is 0 Å². The summed E-state index contributed by atoms with van der Waals surface area (Å²) in [5, 5.41) is 0. The van der Waals surface area contributed by atoms with Crippen LogP contribution >= 0.6 is 11.8 Å². The number of para-hydroxylation sites is 1. The number of hydrogen-bond acceptors (Lipinski definition) is 5. The van der Waals surface area contributed by atoms with Crippen molar-refractivity contribution in [3.63, 3.8) is 0 Å². The number of carbonyl (C=O) groups is 1. The summed E-state index contributed by atoms with van der Waals surface area (Å²) in [6.45, 7) is 1.96. The lowest BCUT2D eigenvalue weighted by Crippen LogP contribution is -2.50. The van der Waals surface area contributed by atoms with Gasteiger partial charge in [0.1, 0.15) is 0 Å². The molecule has 6 heteroatoms. The van der Waals surface area contributed by atoms with Gasteiger partial charge in [-0.2, -0.15) is 0 Å². The molecule has 5 nitrogen and oxygen atoms in total. The second-order valence-corrected chi connectivity index (χ2v) is 7.75. The highest BCUT2D eigenvalue weighted by Gasteiger charge is 2.50. The third-order valence-electron chi connectivity index (χ3n) is 5.44. The first-order valence-corrected chi connectivity index (χ1v) is 10.1. The van der Waals surface area contributed by atoms with Crippen molar-refractivity contribution in [2.24, 2.45) is 0 Å². The number of anilines is 1. The molecular weight excluding hydrogens is 348 g/mol. The van der Waals surface area contributed by atoms with Crippen LogP contribution in [0.4, 0.5) is 5.69 Å². The van der Waals surface area contributed by atoms with Crippen molar-refractivity contribution in [1.82, 2.24) is 4.90 Å². The summed E-state index contributed by atoms with van der Waals surface area (Å²) in [7, 11) is 0. The van der Waals surface area contributed by atoms with Crippen molar-refractivity contribution in [2.45, 2.75) is 29.9 Å². The molecule has 0 unspecified atom stereocenters. The molecule has 26 heavy (non-hydrogen) atoms. The van der Waals surface area contributed by atoms with Crippen LogP contribution in [0, 0.1) is 0 Å². The van der Waals surface area contributed by atoms with Crippen molar-refractivity contribution in [3.05, 3.63) is 48.0 Å². The normalized spacial score (nSPS) is 23.9. The van der Waals surface area contributed by atoms with Gasteiger partial charge in [0.25, 0.3) is 0 Å². The molecule has 0 aliphatic carbocycles. The lowest BCUT2D eigenvalue weighted by atomic mass is 10.1. The fourth-order valence-electron chi connectivity index (χ4n) is 4.26. The van der Waals surface area contributed by atoms with Gasteiger partial charge >= 0.3 is 0 Å². The van der Waals surface area contributed by atoms with E-state index in [0.29, 0.717) is 0 Å². The van der Waals surface area contributed by atoms with Crippen molar-refractivity contribution >= 4 is 23.4 Å². The Hall–Kier alpha value is -2.18. The van der Waals surface area contributed by atoms with Gasteiger partial charge in [-0.3, -0.25) is 9.69 Å². The molecule has 1 amide bonds. The van der Waals surface area contributed by atoms with E-state index in [-0.39, 0.29) is 24.8 Å². The number of rotatable bonds is 4. The van der Waals surface area contributed by atoms with Crippen LogP contribution in [0.3, 0.4) is 0 Å². The summed E-state index contributed by atoms with van der Waals surface area (Å²) in [4.78, 5) is 18.5. The molecule has 0 spiro atoms. The summed E-state index contributed by atoms with van der Waals surface area (Å²) in [6, 6.07) is 14.5. The maximum absolute atomic E-state index is 13.1. The van der Waals surface area contributed by atoms with Gasteiger partial charge in [-0.1, -0.05) is 18.2 Å². The topological polar surface area (TPSA) is 42.0 Å². The highest BCUT2D eigenvalue weighted by Crippen LogP contribution is 2.40. The minimum atomic E-state index is -0.0275. The van der Waals surface area contributed by atoms with Gasteiger partial charge in [0.15, 0.2) is 11.5 Å². The average molecular weight is 368 g/mol. The second-order valence-electron chi connectivity index (χ2n) is 6.90. The fourth-order valence-corrected chi connectivity index (χ4v) is 4.85. The average Bonchev–Trinajstić information content (AvgIpc) is 3.36. The van der Waals surface area contributed by atoms with Crippen LogP contribution in [0.25, 0.3) is 0 Å². The Kier molecular flexibility index (Phi) is 3.83. The smallest absolute Gasteiger partial charge is 0.244 e. The number of amides is 1. The Labute approximate surface area is 156 Å². The molecule has 2 fully saturated rings. The van der Waals surface area contributed by atoms with Crippen LogP contribution in [-0.2, 0) is 11.3 Å². The van der Waals surface area contributed by atoms with E-state index in [9.17, 15) is 4.79 Å². The molecule has 2 saturated heterocycles. The number of piperazine rings is 1. The number of likely N-dealkylation sites (tertiary alicyclic amines) is 1. The molecule has 3 heterocycles. The standard InChI is InChI=1S/C20H20N2O3S/c1-26-19-5-3-2-4-15(19)22-14-9-16(20(22)23)21(11-14)10-13-6-7-17-18(8-13)25-12-24-17/h2-8,14,16H,9-12H2,1H3/t14-,16-/m0/s1. The number of carbonyl (C=O) groups excluding carboxylic acids is 1. The predicted molar refractivity (Wildman–Crippen MR) is 101 cm³/mol. The molecule has 0 aromatic heterocycles. The van der Waals surface area contributed by atoms with Gasteiger partial charge in [0.05, 0.1) is 17.8 Å². The Morgan fingerprint density at radius 3 is 2.85 bits per heavy atom. The van der Waals surface area contributed by atoms with E-state index in [1.807, 2.05) is 29.2 Å². The third-order valence-corrected chi connectivity index (χ3v) is 6.22.